The Bertz CT molecular complexity index is 335. The molecule has 1 saturated carbocycles. The Balaban J connectivity index is 1.86. The maximum Gasteiger partial charge on any atom is 0.316 e. The third-order valence-electron chi connectivity index (χ3n) is 1.99. The predicted molar refractivity (Wildman–Crippen MR) is 51.1 cm³/mol. The van der Waals surface area contributed by atoms with E-state index in [0.717, 1.165) is 5.82 Å². The Hall–Kier alpha value is -1.04. The van der Waals surface area contributed by atoms with Gasteiger partial charge in [-0.15, -0.1) is 5.10 Å². The number of nitrogens with zero attached hydrogens (tertiary/aromatic N) is 2. The number of aromatic nitrogens is 3. The SMILES string of the molecule is COC(=O)CSc1n[nH]c(C2CC2)n1. The number of carbonyl (C=O) groups excluding carboxylic acids is 1. The van der Waals surface area contributed by atoms with E-state index in [1.165, 1.54) is 31.7 Å². The monoisotopic (exact) mass is 213 g/mol. The van der Waals surface area contributed by atoms with Gasteiger partial charge in [-0.2, -0.15) is 0 Å². The molecule has 5 nitrogen and oxygen atoms in total. The average molecular weight is 213 g/mol. The number of aromatic amines is 1. The fourth-order valence-corrected chi connectivity index (χ4v) is 1.68. The lowest BCUT2D eigenvalue weighted by Gasteiger charge is -1.94. The summed E-state index contributed by atoms with van der Waals surface area (Å²) in [5.74, 6) is 1.51. The molecule has 0 saturated heterocycles. The lowest BCUT2D eigenvalue weighted by Crippen LogP contribution is -2.03. The second-order valence-corrected chi connectivity index (χ2v) is 4.08. The first kappa shape index (κ1) is 9.51. The smallest absolute Gasteiger partial charge is 0.316 e. The van der Waals surface area contributed by atoms with Crippen LogP contribution < -0.4 is 0 Å². The van der Waals surface area contributed by atoms with Crippen molar-refractivity contribution in [3.8, 4) is 0 Å². The van der Waals surface area contributed by atoms with Crippen molar-refractivity contribution in [1.29, 1.82) is 0 Å². The molecule has 1 aromatic rings. The predicted octanol–water partition coefficient (Wildman–Crippen LogP) is 0.947. The minimum absolute atomic E-state index is 0.257. The topological polar surface area (TPSA) is 67.9 Å². The number of H-pyrrole nitrogens is 1. The number of nitrogens with one attached hydrogen (secondary N) is 1. The number of hydrogen-bond acceptors (Lipinski definition) is 5. The highest BCUT2D eigenvalue weighted by atomic mass is 32.2. The van der Waals surface area contributed by atoms with E-state index in [-0.39, 0.29) is 11.7 Å². The van der Waals surface area contributed by atoms with Gasteiger partial charge in [0.1, 0.15) is 5.82 Å². The summed E-state index contributed by atoms with van der Waals surface area (Å²) in [7, 11) is 1.37. The van der Waals surface area contributed by atoms with Gasteiger partial charge in [0, 0.05) is 5.92 Å². The molecule has 0 amide bonds. The van der Waals surface area contributed by atoms with E-state index in [2.05, 4.69) is 19.9 Å². The van der Waals surface area contributed by atoms with Gasteiger partial charge in [0.2, 0.25) is 5.16 Å². The third kappa shape index (κ3) is 2.25. The summed E-state index contributed by atoms with van der Waals surface area (Å²) < 4.78 is 4.51. The largest absolute Gasteiger partial charge is 0.468 e. The molecule has 1 aromatic heterocycles. The minimum Gasteiger partial charge on any atom is -0.468 e. The fourth-order valence-electron chi connectivity index (χ4n) is 1.04. The fraction of sp³-hybridized carbons (Fsp3) is 0.625. The maximum absolute atomic E-state index is 10.8. The molecule has 0 bridgehead atoms. The summed E-state index contributed by atoms with van der Waals surface area (Å²) in [6.45, 7) is 0. The second kappa shape index (κ2) is 4.00. The Kier molecular flexibility index (Phi) is 2.72. The summed E-state index contributed by atoms with van der Waals surface area (Å²) in [4.78, 5) is 15.1. The lowest BCUT2D eigenvalue weighted by atomic mass is 10.4. The van der Waals surface area contributed by atoms with Crippen molar-refractivity contribution < 1.29 is 9.53 Å². The molecule has 0 aliphatic heterocycles. The molecule has 1 heterocycles. The summed E-state index contributed by atoms with van der Waals surface area (Å²) >= 11 is 1.29. The van der Waals surface area contributed by atoms with Crippen LogP contribution in [0.4, 0.5) is 0 Å². The van der Waals surface area contributed by atoms with E-state index in [0.29, 0.717) is 11.1 Å². The van der Waals surface area contributed by atoms with Gasteiger partial charge in [-0.1, -0.05) is 11.8 Å². The van der Waals surface area contributed by atoms with Gasteiger partial charge in [0.25, 0.3) is 0 Å². The Morgan fingerprint density at radius 3 is 3.14 bits per heavy atom. The number of carbonyl (C=O) groups is 1. The number of ether oxygens (including phenoxy) is 1. The average Bonchev–Trinajstić information content (AvgIpc) is 2.95. The van der Waals surface area contributed by atoms with Crippen LogP contribution in [-0.2, 0) is 9.53 Å². The maximum atomic E-state index is 10.8. The van der Waals surface area contributed by atoms with Crippen molar-refractivity contribution in [3.05, 3.63) is 5.82 Å². The van der Waals surface area contributed by atoms with Gasteiger partial charge >= 0.3 is 5.97 Å². The van der Waals surface area contributed by atoms with Gasteiger partial charge in [0.05, 0.1) is 12.9 Å². The van der Waals surface area contributed by atoms with Crippen LogP contribution in [0.2, 0.25) is 0 Å². The Morgan fingerprint density at radius 1 is 1.71 bits per heavy atom. The highest BCUT2D eigenvalue weighted by Gasteiger charge is 2.27. The number of esters is 1. The van der Waals surface area contributed by atoms with E-state index >= 15 is 0 Å². The zero-order chi connectivity index (χ0) is 9.97. The summed E-state index contributed by atoms with van der Waals surface area (Å²) in [5, 5.41) is 7.50. The number of methoxy groups -OCH3 is 1. The normalized spacial score (nSPS) is 15.5. The molecule has 0 atom stereocenters. The molecule has 1 aliphatic carbocycles. The second-order valence-electron chi connectivity index (χ2n) is 3.14. The molecular weight excluding hydrogens is 202 g/mol. The molecule has 0 spiro atoms. The highest BCUT2D eigenvalue weighted by molar-refractivity contribution is 7.99. The van der Waals surface area contributed by atoms with Crippen molar-refractivity contribution in [2.45, 2.75) is 23.9 Å². The van der Waals surface area contributed by atoms with Crippen LogP contribution in [0.15, 0.2) is 5.16 Å². The van der Waals surface area contributed by atoms with Crippen LogP contribution in [0.5, 0.6) is 0 Å². The standard InChI is InChI=1S/C8H11N3O2S/c1-13-6(12)4-14-8-9-7(10-11-8)5-2-3-5/h5H,2-4H2,1H3,(H,9,10,11). The van der Waals surface area contributed by atoms with Crippen molar-refractivity contribution in [2.24, 2.45) is 0 Å². The molecule has 6 heteroatoms. The van der Waals surface area contributed by atoms with Crippen molar-refractivity contribution in [2.75, 3.05) is 12.9 Å². The Labute approximate surface area is 85.6 Å². The summed E-state index contributed by atoms with van der Waals surface area (Å²) in [5.41, 5.74) is 0. The van der Waals surface area contributed by atoms with E-state index in [1.807, 2.05) is 0 Å². The molecule has 14 heavy (non-hydrogen) atoms. The lowest BCUT2D eigenvalue weighted by molar-refractivity contribution is -0.137. The van der Waals surface area contributed by atoms with Gasteiger partial charge in [-0.3, -0.25) is 9.89 Å². The van der Waals surface area contributed by atoms with E-state index in [4.69, 9.17) is 0 Å². The van der Waals surface area contributed by atoms with Crippen LogP contribution in [0.3, 0.4) is 0 Å². The van der Waals surface area contributed by atoms with E-state index in [9.17, 15) is 4.79 Å². The first-order chi connectivity index (χ1) is 6.79. The number of thioether (sulfide) groups is 1. The molecule has 1 N–H and O–H groups in total. The van der Waals surface area contributed by atoms with Crippen LogP contribution in [-0.4, -0.2) is 34.0 Å². The molecular formula is C8H11N3O2S. The first-order valence-corrected chi connectivity index (χ1v) is 5.40. The molecule has 1 fully saturated rings. The van der Waals surface area contributed by atoms with Crippen LogP contribution >= 0.6 is 11.8 Å². The van der Waals surface area contributed by atoms with Gasteiger partial charge in [-0.25, -0.2) is 4.98 Å². The summed E-state index contributed by atoms with van der Waals surface area (Å²) in [6.07, 6.45) is 2.38. The molecule has 0 aromatic carbocycles. The van der Waals surface area contributed by atoms with E-state index < -0.39 is 0 Å². The Morgan fingerprint density at radius 2 is 2.50 bits per heavy atom. The molecule has 2 rings (SSSR count). The van der Waals surface area contributed by atoms with Crippen molar-refractivity contribution in [3.63, 3.8) is 0 Å². The molecule has 0 unspecified atom stereocenters. The summed E-state index contributed by atoms with van der Waals surface area (Å²) in [6, 6.07) is 0. The first-order valence-electron chi connectivity index (χ1n) is 4.41. The van der Waals surface area contributed by atoms with Crippen LogP contribution in [0, 0.1) is 0 Å². The molecule has 76 valence electrons. The third-order valence-corrected chi connectivity index (χ3v) is 2.81. The minimum atomic E-state index is -0.257. The quantitative estimate of drug-likeness (QED) is 0.595. The zero-order valence-electron chi connectivity index (χ0n) is 7.82. The molecule has 0 radical (unpaired) electrons. The van der Waals surface area contributed by atoms with Crippen LogP contribution in [0.1, 0.15) is 24.6 Å². The highest BCUT2D eigenvalue weighted by Crippen LogP contribution is 2.38. The van der Waals surface area contributed by atoms with Crippen molar-refractivity contribution in [1.82, 2.24) is 15.2 Å². The van der Waals surface area contributed by atoms with Crippen LogP contribution in [0.25, 0.3) is 0 Å². The van der Waals surface area contributed by atoms with E-state index in [1.54, 1.807) is 0 Å². The van der Waals surface area contributed by atoms with Gasteiger partial charge < -0.3 is 4.74 Å². The van der Waals surface area contributed by atoms with Gasteiger partial charge in [-0.05, 0) is 12.8 Å². The van der Waals surface area contributed by atoms with Gasteiger partial charge in [0.15, 0.2) is 0 Å². The number of hydrogen-bond donors (Lipinski definition) is 1. The zero-order valence-corrected chi connectivity index (χ0v) is 8.63. The van der Waals surface area contributed by atoms with Crippen molar-refractivity contribution >= 4 is 17.7 Å². The number of rotatable bonds is 4. The molecule has 1 aliphatic rings.